The summed E-state index contributed by atoms with van der Waals surface area (Å²) in [5.74, 6) is -3.28. The quantitative estimate of drug-likeness (QED) is 0.0764. The highest BCUT2D eigenvalue weighted by Gasteiger charge is 2.27. The summed E-state index contributed by atoms with van der Waals surface area (Å²) >= 11 is 0. The summed E-state index contributed by atoms with van der Waals surface area (Å²) < 4.78 is 0. The minimum Gasteiger partial charge on any atom is -0.370 e. The fourth-order valence-electron chi connectivity index (χ4n) is 2.27. The van der Waals surface area contributed by atoms with Gasteiger partial charge < -0.3 is 44.2 Å². The molecule has 0 fully saturated rings. The Morgan fingerprint density at radius 1 is 0.719 bits per heavy atom. The summed E-state index contributed by atoms with van der Waals surface area (Å²) in [6, 6.07) is -4.76. The third-order valence-corrected chi connectivity index (χ3v) is 4.28. The topological polar surface area (TPSA) is 250 Å². The number of guanidine groups is 1. The maximum atomic E-state index is 12.7. The van der Waals surface area contributed by atoms with Crippen LogP contribution in [0.5, 0.6) is 0 Å². The molecule has 0 bridgehead atoms. The standard InChI is InChI=1S/C18H35N9O5/c1-8(19)14(29)25-11(4)16(31)27-12(6-5-7-23-18(21)22)17(32)26-10(3)15(30)24-9(2)13(20)28/h8-12H,5-7,19H2,1-4H3,(H2,20,28)(H,24,30)(H,25,29)(H,26,32)(H,27,31)(H4,21,22,23)/t8-,9-,10-,11-,12-/m0/s1. The van der Waals surface area contributed by atoms with Crippen molar-refractivity contribution in [1.82, 2.24) is 21.3 Å². The van der Waals surface area contributed by atoms with E-state index in [2.05, 4.69) is 26.3 Å². The number of rotatable bonds is 13. The molecule has 0 aromatic heterocycles. The molecule has 0 rings (SSSR count). The Morgan fingerprint density at radius 2 is 1.19 bits per heavy atom. The molecule has 0 aromatic rings. The number of nitrogens with zero attached hydrogens (tertiary/aromatic N) is 1. The number of aliphatic imine (C=N–C) groups is 1. The second-order valence-corrected chi connectivity index (χ2v) is 7.39. The van der Waals surface area contributed by atoms with Crippen molar-refractivity contribution >= 4 is 35.5 Å². The molecule has 14 heteroatoms. The second-order valence-electron chi connectivity index (χ2n) is 7.39. The average molecular weight is 458 g/mol. The SMILES string of the molecule is C[C@H](N)C(=O)N[C@@H](C)C(=O)N[C@@H](CCCN=C(N)N)C(=O)N[C@@H](C)C(=O)N[C@@H](C)C(N)=O. The highest BCUT2D eigenvalue weighted by Crippen LogP contribution is 2.01. The maximum absolute atomic E-state index is 12.7. The molecule has 0 aliphatic heterocycles. The molecule has 32 heavy (non-hydrogen) atoms. The van der Waals surface area contributed by atoms with Crippen LogP contribution in [0.4, 0.5) is 0 Å². The average Bonchev–Trinajstić information content (AvgIpc) is 2.69. The van der Waals surface area contributed by atoms with E-state index in [1.165, 1.54) is 27.7 Å². The van der Waals surface area contributed by atoms with Gasteiger partial charge in [-0.15, -0.1) is 0 Å². The largest absolute Gasteiger partial charge is 0.370 e. The van der Waals surface area contributed by atoms with Crippen LogP contribution in [0.3, 0.4) is 0 Å². The van der Waals surface area contributed by atoms with Gasteiger partial charge in [-0.3, -0.25) is 29.0 Å². The molecule has 182 valence electrons. The van der Waals surface area contributed by atoms with Crippen LogP contribution in [-0.4, -0.2) is 72.2 Å². The lowest BCUT2D eigenvalue weighted by atomic mass is 10.1. The molecule has 0 aliphatic rings. The van der Waals surface area contributed by atoms with Gasteiger partial charge in [0.25, 0.3) is 0 Å². The Labute approximate surface area is 186 Å². The number of carbonyl (C=O) groups excluding carboxylic acids is 5. The first-order valence-corrected chi connectivity index (χ1v) is 10.1. The van der Waals surface area contributed by atoms with E-state index >= 15 is 0 Å². The van der Waals surface area contributed by atoms with Gasteiger partial charge in [-0.2, -0.15) is 0 Å². The van der Waals surface area contributed by atoms with Crippen LogP contribution in [0.15, 0.2) is 4.99 Å². The lowest BCUT2D eigenvalue weighted by Crippen LogP contribution is -2.57. The predicted molar refractivity (Wildman–Crippen MR) is 117 cm³/mol. The summed E-state index contributed by atoms with van der Waals surface area (Å²) in [4.78, 5) is 63.9. The van der Waals surface area contributed by atoms with Crippen LogP contribution in [0.1, 0.15) is 40.5 Å². The smallest absolute Gasteiger partial charge is 0.243 e. The molecular formula is C18H35N9O5. The van der Waals surface area contributed by atoms with Crippen molar-refractivity contribution in [1.29, 1.82) is 0 Å². The number of amides is 5. The van der Waals surface area contributed by atoms with Crippen molar-refractivity contribution in [3.63, 3.8) is 0 Å². The van der Waals surface area contributed by atoms with Crippen molar-refractivity contribution in [2.24, 2.45) is 27.9 Å². The first-order valence-electron chi connectivity index (χ1n) is 10.1. The minimum atomic E-state index is -1.05. The zero-order chi connectivity index (χ0) is 25.0. The lowest BCUT2D eigenvalue weighted by molar-refractivity contribution is -0.134. The maximum Gasteiger partial charge on any atom is 0.243 e. The molecule has 14 nitrogen and oxygen atoms in total. The van der Waals surface area contributed by atoms with Crippen LogP contribution in [0, 0.1) is 0 Å². The second kappa shape index (κ2) is 13.8. The monoisotopic (exact) mass is 457 g/mol. The van der Waals surface area contributed by atoms with Crippen LogP contribution < -0.4 is 44.2 Å². The van der Waals surface area contributed by atoms with E-state index in [1.54, 1.807) is 0 Å². The van der Waals surface area contributed by atoms with Crippen molar-refractivity contribution < 1.29 is 24.0 Å². The first-order chi connectivity index (χ1) is 14.8. The van der Waals surface area contributed by atoms with Gasteiger partial charge in [-0.1, -0.05) is 0 Å². The van der Waals surface area contributed by atoms with E-state index in [1.807, 2.05) is 0 Å². The molecular weight excluding hydrogens is 422 g/mol. The van der Waals surface area contributed by atoms with E-state index in [4.69, 9.17) is 22.9 Å². The molecule has 0 spiro atoms. The Balaban J connectivity index is 5.16. The molecule has 0 heterocycles. The summed E-state index contributed by atoms with van der Waals surface area (Å²) in [5.41, 5.74) is 21.1. The number of nitrogens with two attached hydrogens (primary N) is 4. The Morgan fingerprint density at radius 3 is 1.66 bits per heavy atom. The zero-order valence-corrected chi connectivity index (χ0v) is 18.8. The first kappa shape index (κ1) is 28.6. The van der Waals surface area contributed by atoms with Crippen LogP contribution in [0.25, 0.3) is 0 Å². The van der Waals surface area contributed by atoms with Crippen molar-refractivity contribution in [3.05, 3.63) is 0 Å². The van der Waals surface area contributed by atoms with Crippen molar-refractivity contribution in [2.45, 2.75) is 70.7 Å². The Kier molecular flexibility index (Phi) is 12.3. The van der Waals surface area contributed by atoms with Crippen molar-refractivity contribution in [3.8, 4) is 0 Å². The molecule has 5 atom stereocenters. The van der Waals surface area contributed by atoms with Gasteiger partial charge in [0, 0.05) is 6.54 Å². The van der Waals surface area contributed by atoms with E-state index in [-0.39, 0.29) is 18.9 Å². The lowest BCUT2D eigenvalue weighted by Gasteiger charge is -2.23. The molecule has 12 N–H and O–H groups in total. The molecule has 0 radical (unpaired) electrons. The fraction of sp³-hybridized carbons (Fsp3) is 0.667. The zero-order valence-electron chi connectivity index (χ0n) is 18.8. The van der Waals surface area contributed by atoms with Crippen LogP contribution in [-0.2, 0) is 24.0 Å². The normalized spacial score (nSPS) is 15.2. The number of hydrogen-bond acceptors (Lipinski definition) is 7. The molecule has 0 unspecified atom stereocenters. The Bertz CT molecular complexity index is 722. The van der Waals surface area contributed by atoms with Crippen molar-refractivity contribution in [2.75, 3.05) is 6.54 Å². The van der Waals surface area contributed by atoms with Gasteiger partial charge in [0.05, 0.1) is 6.04 Å². The van der Waals surface area contributed by atoms with Gasteiger partial charge in [0.2, 0.25) is 29.5 Å². The number of hydrogen-bond donors (Lipinski definition) is 8. The van der Waals surface area contributed by atoms with Gasteiger partial charge in [-0.05, 0) is 40.5 Å². The number of carbonyl (C=O) groups is 5. The number of nitrogens with one attached hydrogen (secondary N) is 4. The molecule has 0 aromatic carbocycles. The molecule has 0 saturated carbocycles. The van der Waals surface area contributed by atoms with Gasteiger partial charge >= 0.3 is 0 Å². The van der Waals surface area contributed by atoms with E-state index in [0.717, 1.165) is 0 Å². The van der Waals surface area contributed by atoms with Crippen LogP contribution >= 0.6 is 0 Å². The third kappa shape index (κ3) is 11.1. The third-order valence-electron chi connectivity index (χ3n) is 4.28. The van der Waals surface area contributed by atoms with Gasteiger partial charge in [0.15, 0.2) is 5.96 Å². The van der Waals surface area contributed by atoms with E-state index < -0.39 is 59.7 Å². The fourth-order valence-corrected chi connectivity index (χ4v) is 2.27. The number of primary amides is 1. The molecule has 0 aliphatic carbocycles. The summed E-state index contributed by atoms with van der Waals surface area (Å²) in [7, 11) is 0. The molecule has 5 amide bonds. The summed E-state index contributed by atoms with van der Waals surface area (Å²) in [6.45, 7) is 5.92. The van der Waals surface area contributed by atoms with E-state index in [9.17, 15) is 24.0 Å². The summed E-state index contributed by atoms with van der Waals surface area (Å²) in [5, 5.41) is 9.78. The van der Waals surface area contributed by atoms with Gasteiger partial charge in [-0.25, -0.2) is 0 Å². The van der Waals surface area contributed by atoms with E-state index in [0.29, 0.717) is 6.42 Å². The van der Waals surface area contributed by atoms with Gasteiger partial charge in [0.1, 0.15) is 24.2 Å². The molecule has 0 saturated heterocycles. The summed E-state index contributed by atoms with van der Waals surface area (Å²) in [6.07, 6.45) is 0.491. The highest BCUT2D eigenvalue weighted by molar-refractivity contribution is 5.95. The minimum absolute atomic E-state index is 0.115. The van der Waals surface area contributed by atoms with Crippen LogP contribution in [0.2, 0.25) is 0 Å². The Hall–Kier alpha value is -3.42. The highest BCUT2D eigenvalue weighted by atomic mass is 16.2. The predicted octanol–water partition coefficient (Wildman–Crippen LogP) is -4.13.